The molecule has 0 unspecified atom stereocenters. The molecule has 158 valence electrons. The Labute approximate surface area is 185 Å². The molecule has 0 saturated carbocycles. The molecular formula is C23H21N3O4S. The average molecular weight is 436 g/mol. The largest absolute Gasteiger partial charge is 0.491 e. The first-order chi connectivity index (χ1) is 15.0. The molecule has 0 fully saturated rings. The van der Waals surface area contributed by atoms with Crippen LogP contribution in [0.2, 0.25) is 0 Å². The van der Waals surface area contributed by atoms with Crippen LogP contribution in [0.5, 0.6) is 5.75 Å². The second kappa shape index (κ2) is 10.8. The van der Waals surface area contributed by atoms with Gasteiger partial charge in [-0.2, -0.15) is 0 Å². The second-order valence-corrected chi connectivity index (χ2v) is 7.02. The van der Waals surface area contributed by atoms with Crippen molar-refractivity contribution in [2.75, 3.05) is 11.9 Å². The zero-order chi connectivity index (χ0) is 22.1. The van der Waals surface area contributed by atoms with E-state index in [0.29, 0.717) is 18.0 Å². The van der Waals surface area contributed by atoms with Crippen LogP contribution in [0.3, 0.4) is 0 Å². The molecule has 31 heavy (non-hydrogen) atoms. The van der Waals surface area contributed by atoms with E-state index in [4.69, 9.17) is 17.0 Å². The number of hydrogen-bond acceptors (Lipinski definition) is 5. The predicted octanol–water partition coefficient (Wildman–Crippen LogP) is 4.73. The highest BCUT2D eigenvalue weighted by molar-refractivity contribution is 7.80. The Morgan fingerprint density at radius 1 is 0.968 bits per heavy atom. The molecule has 0 spiro atoms. The van der Waals surface area contributed by atoms with Crippen LogP contribution in [0.15, 0.2) is 78.9 Å². The maximum absolute atomic E-state index is 12.4. The third kappa shape index (κ3) is 6.35. The van der Waals surface area contributed by atoms with Crippen LogP contribution in [-0.4, -0.2) is 22.5 Å². The number of carbonyl (C=O) groups is 1. The third-order valence-electron chi connectivity index (χ3n) is 4.42. The summed E-state index contributed by atoms with van der Waals surface area (Å²) in [6, 6.07) is 23.1. The van der Waals surface area contributed by atoms with Crippen molar-refractivity contribution in [1.29, 1.82) is 0 Å². The van der Waals surface area contributed by atoms with E-state index in [1.807, 2.05) is 30.3 Å². The molecule has 1 amide bonds. The van der Waals surface area contributed by atoms with Gasteiger partial charge in [-0.25, -0.2) is 0 Å². The maximum atomic E-state index is 12.4. The lowest BCUT2D eigenvalue weighted by Crippen LogP contribution is -2.34. The first-order valence-corrected chi connectivity index (χ1v) is 10.1. The van der Waals surface area contributed by atoms with Crippen LogP contribution in [0.4, 0.5) is 11.4 Å². The number of nitrogens with zero attached hydrogens (tertiary/aromatic N) is 1. The summed E-state index contributed by atoms with van der Waals surface area (Å²) >= 11 is 5.21. The molecule has 7 nitrogen and oxygen atoms in total. The van der Waals surface area contributed by atoms with Crippen molar-refractivity contribution in [1.82, 2.24) is 5.32 Å². The molecule has 0 aliphatic carbocycles. The van der Waals surface area contributed by atoms with E-state index >= 15 is 0 Å². The van der Waals surface area contributed by atoms with E-state index < -0.39 is 10.8 Å². The van der Waals surface area contributed by atoms with Gasteiger partial charge in [-0.3, -0.25) is 20.2 Å². The number of anilines is 1. The van der Waals surface area contributed by atoms with Gasteiger partial charge in [-0.15, -0.1) is 0 Å². The van der Waals surface area contributed by atoms with Gasteiger partial charge in [0.15, 0.2) is 5.11 Å². The van der Waals surface area contributed by atoms with Gasteiger partial charge in [0, 0.05) is 6.07 Å². The Hall–Kier alpha value is -3.78. The molecule has 3 aromatic carbocycles. The van der Waals surface area contributed by atoms with Gasteiger partial charge < -0.3 is 10.1 Å². The molecule has 0 aliphatic rings. The van der Waals surface area contributed by atoms with Gasteiger partial charge in [0.05, 0.1) is 17.2 Å². The number of hydrogen-bond donors (Lipinski definition) is 2. The van der Waals surface area contributed by atoms with Gasteiger partial charge in [0.2, 0.25) is 0 Å². The monoisotopic (exact) mass is 435 g/mol. The number of ether oxygens (including phenoxy) is 1. The highest BCUT2D eigenvalue weighted by Crippen LogP contribution is 2.24. The molecule has 0 heterocycles. The van der Waals surface area contributed by atoms with Gasteiger partial charge in [-0.05, 0) is 48.8 Å². The third-order valence-corrected chi connectivity index (χ3v) is 4.62. The number of rotatable bonds is 8. The van der Waals surface area contributed by atoms with Crippen LogP contribution in [-0.2, 0) is 6.42 Å². The van der Waals surface area contributed by atoms with Crippen molar-refractivity contribution in [3.05, 3.63) is 100 Å². The Morgan fingerprint density at radius 2 is 1.65 bits per heavy atom. The zero-order valence-electron chi connectivity index (χ0n) is 16.6. The molecular weight excluding hydrogens is 414 g/mol. The number of nitro groups is 1. The topological polar surface area (TPSA) is 93.5 Å². The molecule has 3 rings (SSSR count). The predicted molar refractivity (Wildman–Crippen MR) is 123 cm³/mol. The van der Waals surface area contributed by atoms with E-state index in [9.17, 15) is 14.9 Å². The van der Waals surface area contributed by atoms with E-state index in [1.165, 1.54) is 23.8 Å². The number of aryl methyl sites for hydroxylation is 1. The number of para-hydroxylation sites is 3. The smallest absolute Gasteiger partial charge is 0.282 e. The number of benzene rings is 3. The molecule has 2 N–H and O–H groups in total. The van der Waals surface area contributed by atoms with Crippen molar-refractivity contribution in [3.63, 3.8) is 0 Å². The quantitative estimate of drug-likeness (QED) is 0.230. The maximum Gasteiger partial charge on any atom is 0.282 e. The van der Waals surface area contributed by atoms with Gasteiger partial charge in [0.1, 0.15) is 11.3 Å². The highest BCUT2D eigenvalue weighted by Gasteiger charge is 2.20. The minimum absolute atomic E-state index is 0.0171. The summed E-state index contributed by atoms with van der Waals surface area (Å²) in [5, 5.41) is 16.5. The summed E-state index contributed by atoms with van der Waals surface area (Å²) in [6.45, 7) is 0.517. The Bertz CT molecular complexity index is 1070. The first kappa shape index (κ1) is 21.9. The van der Waals surface area contributed by atoms with Crippen molar-refractivity contribution < 1.29 is 14.5 Å². The molecule has 0 aromatic heterocycles. The number of amides is 1. The summed E-state index contributed by atoms with van der Waals surface area (Å²) in [5.74, 6) is -0.0658. The highest BCUT2D eigenvalue weighted by atomic mass is 32.1. The number of carbonyl (C=O) groups excluding carboxylic acids is 1. The fraction of sp³-hybridized carbons (Fsp3) is 0.130. The van der Waals surface area contributed by atoms with Crippen LogP contribution in [0.25, 0.3) is 0 Å². The fourth-order valence-electron chi connectivity index (χ4n) is 2.95. The minimum atomic E-state index is -0.661. The van der Waals surface area contributed by atoms with Gasteiger partial charge in [0.25, 0.3) is 11.6 Å². The standard InChI is InChI=1S/C23H21N3O4S/c27-22(18-12-4-6-14-20(18)26(28)29)25-23(31)24-19-13-5-7-15-21(19)30-16-8-11-17-9-2-1-3-10-17/h1-7,9-10,12-15H,8,11,16H2,(H2,24,25,27,31). The SMILES string of the molecule is O=C(NC(=S)Nc1ccccc1OCCCc1ccccc1)c1ccccc1[N+](=O)[O-]. The lowest BCUT2D eigenvalue weighted by Gasteiger charge is -2.14. The minimum Gasteiger partial charge on any atom is -0.491 e. The average Bonchev–Trinajstić information content (AvgIpc) is 2.78. The zero-order valence-corrected chi connectivity index (χ0v) is 17.4. The summed E-state index contributed by atoms with van der Waals surface area (Å²) in [5.41, 5.74) is 1.48. The lowest BCUT2D eigenvalue weighted by atomic mass is 10.1. The number of nitrogens with one attached hydrogen (secondary N) is 2. The summed E-state index contributed by atoms with van der Waals surface area (Å²) in [7, 11) is 0. The van der Waals surface area contributed by atoms with Gasteiger partial charge in [-0.1, -0.05) is 54.6 Å². The molecule has 0 saturated heterocycles. The molecule has 8 heteroatoms. The first-order valence-electron chi connectivity index (χ1n) is 9.66. The van der Waals surface area contributed by atoms with Crippen LogP contribution in [0, 0.1) is 10.1 Å². The van der Waals surface area contributed by atoms with E-state index in [0.717, 1.165) is 12.8 Å². The van der Waals surface area contributed by atoms with Crippen molar-refractivity contribution in [3.8, 4) is 5.75 Å². The van der Waals surface area contributed by atoms with E-state index in [1.54, 1.807) is 18.2 Å². The van der Waals surface area contributed by atoms with Crippen molar-refractivity contribution >= 4 is 34.6 Å². The fourth-order valence-corrected chi connectivity index (χ4v) is 3.15. The number of thiocarbonyl (C=S) groups is 1. The summed E-state index contributed by atoms with van der Waals surface area (Å²) in [4.78, 5) is 22.9. The van der Waals surface area contributed by atoms with E-state index in [2.05, 4.69) is 22.8 Å². The second-order valence-electron chi connectivity index (χ2n) is 6.62. The van der Waals surface area contributed by atoms with Crippen LogP contribution < -0.4 is 15.4 Å². The van der Waals surface area contributed by atoms with Crippen molar-refractivity contribution in [2.45, 2.75) is 12.8 Å². The van der Waals surface area contributed by atoms with Crippen LogP contribution >= 0.6 is 12.2 Å². The molecule has 0 radical (unpaired) electrons. The normalized spacial score (nSPS) is 10.2. The summed E-state index contributed by atoms with van der Waals surface area (Å²) < 4.78 is 5.88. The number of nitro benzene ring substituents is 1. The van der Waals surface area contributed by atoms with Crippen molar-refractivity contribution in [2.24, 2.45) is 0 Å². The Balaban J connectivity index is 1.57. The Kier molecular flexibility index (Phi) is 7.67. The summed E-state index contributed by atoms with van der Waals surface area (Å²) in [6.07, 6.45) is 1.75. The Morgan fingerprint density at radius 3 is 2.42 bits per heavy atom. The molecule has 0 bridgehead atoms. The van der Waals surface area contributed by atoms with Crippen LogP contribution in [0.1, 0.15) is 22.3 Å². The lowest BCUT2D eigenvalue weighted by molar-refractivity contribution is -0.385. The molecule has 3 aromatic rings. The van der Waals surface area contributed by atoms with Gasteiger partial charge >= 0.3 is 0 Å². The molecule has 0 atom stereocenters. The molecule has 0 aliphatic heterocycles. The van der Waals surface area contributed by atoms with E-state index in [-0.39, 0.29) is 16.4 Å².